The molecule has 1 heterocycles. The Morgan fingerprint density at radius 1 is 1.71 bits per heavy atom. The highest BCUT2D eigenvalue weighted by atomic mass is 32.1. The van der Waals surface area contributed by atoms with Crippen LogP contribution in [0.2, 0.25) is 0 Å². The van der Waals surface area contributed by atoms with Gasteiger partial charge in [-0.1, -0.05) is 11.3 Å². The first-order valence-corrected chi connectivity index (χ1v) is 5.09. The summed E-state index contributed by atoms with van der Waals surface area (Å²) in [6.45, 7) is 3.41. The maximum absolute atomic E-state index is 12.8. The van der Waals surface area contributed by atoms with Crippen LogP contribution >= 0.6 is 11.3 Å². The molecule has 0 unspecified atom stereocenters. The molecule has 1 aromatic rings. The standard InChI is InChI=1S/C8H10FN3OS/c1-4-11-12-7(14-4)10-6(13)8(2)3-5(8)9/h5H,3H2,1-2H3,(H,10,12,13)/t5-,8+/m1/s1. The number of amides is 1. The SMILES string of the molecule is Cc1nnc(NC(=O)[C@@]2(C)C[C@H]2F)s1. The van der Waals surface area contributed by atoms with Crippen LogP contribution in [0.3, 0.4) is 0 Å². The molecule has 1 amide bonds. The van der Waals surface area contributed by atoms with Crippen molar-refractivity contribution in [2.75, 3.05) is 5.32 Å². The first kappa shape index (κ1) is 9.51. The Labute approximate surface area is 84.5 Å². The molecular weight excluding hydrogens is 205 g/mol. The third-order valence-electron chi connectivity index (χ3n) is 2.40. The van der Waals surface area contributed by atoms with E-state index in [1.165, 1.54) is 11.3 Å². The average Bonchev–Trinajstić information content (AvgIpc) is 2.56. The Morgan fingerprint density at radius 2 is 2.36 bits per heavy atom. The number of aromatic nitrogens is 2. The van der Waals surface area contributed by atoms with Gasteiger partial charge in [0, 0.05) is 0 Å². The summed E-state index contributed by atoms with van der Waals surface area (Å²) in [6, 6.07) is 0. The molecular formula is C8H10FN3OS. The summed E-state index contributed by atoms with van der Waals surface area (Å²) < 4.78 is 12.8. The van der Waals surface area contributed by atoms with E-state index in [9.17, 15) is 9.18 Å². The van der Waals surface area contributed by atoms with Crippen molar-refractivity contribution in [1.29, 1.82) is 0 Å². The molecule has 4 nitrogen and oxygen atoms in total. The van der Waals surface area contributed by atoms with Gasteiger partial charge in [-0.15, -0.1) is 10.2 Å². The summed E-state index contributed by atoms with van der Waals surface area (Å²) in [5, 5.41) is 11.3. The summed E-state index contributed by atoms with van der Waals surface area (Å²) in [4.78, 5) is 11.5. The molecule has 0 radical (unpaired) electrons. The predicted molar refractivity (Wildman–Crippen MR) is 50.9 cm³/mol. The number of anilines is 1. The Bertz CT molecular complexity index is 380. The summed E-state index contributed by atoms with van der Waals surface area (Å²) >= 11 is 1.28. The third-order valence-corrected chi connectivity index (χ3v) is 3.15. The number of hydrogen-bond donors (Lipinski definition) is 1. The minimum Gasteiger partial charge on any atom is -0.300 e. The Hall–Kier alpha value is -1.04. The van der Waals surface area contributed by atoms with Crippen molar-refractivity contribution in [3.8, 4) is 0 Å². The van der Waals surface area contributed by atoms with Gasteiger partial charge in [-0.05, 0) is 20.3 Å². The number of nitrogens with zero attached hydrogens (tertiary/aromatic N) is 2. The number of rotatable bonds is 2. The second-order valence-corrected chi connectivity index (χ2v) is 4.85. The molecule has 2 atom stereocenters. The van der Waals surface area contributed by atoms with Crippen molar-refractivity contribution >= 4 is 22.4 Å². The first-order chi connectivity index (χ1) is 6.52. The van der Waals surface area contributed by atoms with E-state index in [1.54, 1.807) is 13.8 Å². The minimum atomic E-state index is -1.02. The molecule has 1 saturated carbocycles. The fourth-order valence-corrected chi connectivity index (χ4v) is 1.72. The lowest BCUT2D eigenvalue weighted by atomic mass is 10.1. The van der Waals surface area contributed by atoms with Crippen molar-refractivity contribution in [2.45, 2.75) is 26.4 Å². The van der Waals surface area contributed by atoms with E-state index in [1.807, 2.05) is 0 Å². The number of alkyl halides is 1. The molecule has 0 spiro atoms. The molecule has 0 saturated heterocycles. The third kappa shape index (κ3) is 1.50. The van der Waals surface area contributed by atoms with Gasteiger partial charge in [0.1, 0.15) is 11.2 Å². The fraction of sp³-hybridized carbons (Fsp3) is 0.625. The van der Waals surface area contributed by atoms with Gasteiger partial charge in [-0.25, -0.2) is 4.39 Å². The van der Waals surface area contributed by atoms with Crippen molar-refractivity contribution < 1.29 is 9.18 Å². The van der Waals surface area contributed by atoms with Crippen molar-refractivity contribution in [3.05, 3.63) is 5.01 Å². The second-order valence-electron chi connectivity index (χ2n) is 3.67. The molecule has 14 heavy (non-hydrogen) atoms. The number of hydrogen-bond acceptors (Lipinski definition) is 4. The summed E-state index contributed by atoms with van der Waals surface area (Å²) in [6.07, 6.45) is -0.715. The van der Waals surface area contributed by atoms with Crippen molar-refractivity contribution in [1.82, 2.24) is 10.2 Å². The van der Waals surface area contributed by atoms with Gasteiger partial charge >= 0.3 is 0 Å². The zero-order valence-electron chi connectivity index (χ0n) is 7.87. The number of carbonyl (C=O) groups excluding carboxylic acids is 1. The molecule has 1 N–H and O–H groups in total. The molecule has 0 aromatic carbocycles. The van der Waals surface area contributed by atoms with Crippen LogP contribution in [0.15, 0.2) is 0 Å². The van der Waals surface area contributed by atoms with Crippen LogP contribution in [0.5, 0.6) is 0 Å². The van der Waals surface area contributed by atoms with Crippen LogP contribution in [0, 0.1) is 12.3 Å². The molecule has 1 aromatic heterocycles. The van der Waals surface area contributed by atoms with Crippen LogP contribution in [0.1, 0.15) is 18.4 Å². The quantitative estimate of drug-likeness (QED) is 0.814. The summed E-state index contributed by atoms with van der Waals surface area (Å²) in [5.74, 6) is -0.304. The van der Waals surface area contributed by atoms with Crippen LogP contribution in [0.25, 0.3) is 0 Å². The largest absolute Gasteiger partial charge is 0.300 e. The molecule has 0 bridgehead atoms. The summed E-state index contributed by atoms with van der Waals surface area (Å²) in [7, 11) is 0. The van der Waals surface area contributed by atoms with Crippen LogP contribution < -0.4 is 5.32 Å². The Kier molecular flexibility index (Phi) is 2.02. The van der Waals surface area contributed by atoms with Crippen LogP contribution in [0.4, 0.5) is 9.52 Å². The lowest BCUT2D eigenvalue weighted by Gasteiger charge is -2.06. The molecule has 76 valence electrons. The van der Waals surface area contributed by atoms with Gasteiger partial charge < -0.3 is 0 Å². The van der Waals surface area contributed by atoms with Gasteiger partial charge in [0.25, 0.3) is 0 Å². The molecule has 2 rings (SSSR count). The van der Waals surface area contributed by atoms with Gasteiger partial charge in [-0.3, -0.25) is 10.1 Å². The highest BCUT2D eigenvalue weighted by Gasteiger charge is 2.57. The van der Waals surface area contributed by atoms with E-state index in [2.05, 4.69) is 15.5 Å². The van der Waals surface area contributed by atoms with E-state index < -0.39 is 11.6 Å². The Morgan fingerprint density at radius 3 is 2.79 bits per heavy atom. The van der Waals surface area contributed by atoms with E-state index in [-0.39, 0.29) is 5.91 Å². The maximum atomic E-state index is 12.8. The van der Waals surface area contributed by atoms with Gasteiger partial charge in [0.15, 0.2) is 0 Å². The molecule has 0 aliphatic heterocycles. The topological polar surface area (TPSA) is 54.9 Å². The van der Waals surface area contributed by atoms with Crippen molar-refractivity contribution in [2.24, 2.45) is 5.41 Å². The molecule has 1 aliphatic carbocycles. The minimum absolute atomic E-state index is 0.302. The maximum Gasteiger partial charge on any atom is 0.235 e. The lowest BCUT2D eigenvalue weighted by molar-refractivity contribution is -0.121. The summed E-state index contributed by atoms with van der Waals surface area (Å²) in [5.41, 5.74) is -0.848. The zero-order valence-corrected chi connectivity index (χ0v) is 8.69. The van der Waals surface area contributed by atoms with Gasteiger partial charge in [-0.2, -0.15) is 0 Å². The lowest BCUT2D eigenvalue weighted by Crippen LogP contribution is -2.23. The number of nitrogens with one attached hydrogen (secondary N) is 1. The van der Waals surface area contributed by atoms with E-state index >= 15 is 0 Å². The number of aryl methyl sites for hydroxylation is 1. The smallest absolute Gasteiger partial charge is 0.235 e. The van der Waals surface area contributed by atoms with E-state index in [0.717, 1.165) is 5.01 Å². The first-order valence-electron chi connectivity index (χ1n) is 4.28. The molecule has 1 aliphatic rings. The number of halogens is 1. The molecule has 1 fully saturated rings. The Balaban J connectivity index is 2.02. The van der Waals surface area contributed by atoms with Crippen LogP contribution in [-0.2, 0) is 4.79 Å². The van der Waals surface area contributed by atoms with Crippen LogP contribution in [-0.4, -0.2) is 22.3 Å². The second kappa shape index (κ2) is 2.98. The predicted octanol–water partition coefficient (Wildman–Crippen LogP) is 1.53. The fourth-order valence-electron chi connectivity index (χ4n) is 1.14. The molecule has 6 heteroatoms. The highest BCUT2D eigenvalue weighted by molar-refractivity contribution is 7.15. The monoisotopic (exact) mass is 215 g/mol. The zero-order chi connectivity index (χ0) is 10.3. The van der Waals surface area contributed by atoms with E-state index in [0.29, 0.717) is 11.6 Å². The normalized spacial score (nSPS) is 30.1. The van der Waals surface area contributed by atoms with Crippen molar-refractivity contribution in [3.63, 3.8) is 0 Å². The van der Waals surface area contributed by atoms with Gasteiger partial charge in [0.05, 0.1) is 5.41 Å². The van der Waals surface area contributed by atoms with Gasteiger partial charge in [0.2, 0.25) is 11.0 Å². The highest BCUT2D eigenvalue weighted by Crippen LogP contribution is 2.48. The number of carbonyl (C=O) groups is 1. The average molecular weight is 215 g/mol. The van der Waals surface area contributed by atoms with E-state index in [4.69, 9.17) is 0 Å².